The van der Waals surface area contributed by atoms with Gasteiger partial charge >= 0.3 is 0 Å². The molecular weight excluding hydrogens is 378 g/mol. The summed E-state index contributed by atoms with van der Waals surface area (Å²) in [7, 11) is 0. The second kappa shape index (κ2) is 8.49. The van der Waals surface area contributed by atoms with Gasteiger partial charge in [-0.2, -0.15) is 0 Å². The van der Waals surface area contributed by atoms with Gasteiger partial charge in [-0.1, -0.05) is 29.5 Å². The summed E-state index contributed by atoms with van der Waals surface area (Å²) in [5.74, 6) is -0.190. The van der Waals surface area contributed by atoms with Gasteiger partial charge in [-0.15, -0.1) is 5.10 Å². The van der Waals surface area contributed by atoms with Crippen LogP contribution < -0.4 is 5.32 Å². The minimum absolute atomic E-state index is 0.0585. The van der Waals surface area contributed by atoms with Crippen molar-refractivity contribution in [1.82, 2.24) is 25.2 Å². The summed E-state index contributed by atoms with van der Waals surface area (Å²) >= 11 is 0. The molecule has 0 radical (unpaired) electrons. The molecular formula is C23H25N5O2. The van der Waals surface area contributed by atoms with Gasteiger partial charge in [0, 0.05) is 24.7 Å². The molecule has 7 nitrogen and oxygen atoms in total. The van der Waals surface area contributed by atoms with Crippen LogP contribution in [0.1, 0.15) is 44.8 Å². The molecule has 1 aliphatic heterocycles. The van der Waals surface area contributed by atoms with Gasteiger partial charge in [0.2, 0.25) is 0 Å². The van der Waals surface area contributed by atoms with Crippen molar-refractivity contribution < 1.29 is 9.59 Å². The molecule has 0 aliphatic carbocycles. The van der Waals surface area contributed by atoms with Crippen molar-refractivity contribution in [1.29, 1.82) is 0 Å². The summed E-state index contributed by atoms with van der Waals surface area (Å²) in [5.41, 5.74) is 4.14. The van der Waals surface area contributed by atoms with Crippen molar-refractivity contribution in [2.75, 3.05) is 13.1 Å². The molecule has 30 heavy (non-hydrogen) atoms. The third kappa shape index (κ3) is 4.25. The fraction of sp³-hybridized carbons (Fsp3) is 0.304. The van der Waals surface area contributed by atoms with Gasteiger partial charge < -0.3 is 10.2 Å². The lowest BCUT2D eigenvalue weighted by molar-refractivity contribution is 0.0692. The molecule has 2 heterocycles. The fourth-order valence-electron chi connectivity index (χ4n) is 3.61. The van der Waals surface area contributed by atoms with Crippen LogP contribution >= 0.6 is 0 Å². The zero-order valence-corrected chi connectivity index (χ0v) is 17.2. The molecule has 7 heteroatoms. The number of rotatable bonds is 4. The Morgan fingerprint density at radius 2 is 1.73 bits per heavy atom. The number of aromatic nitrogens is 3. The predicted octanol–water partition coefficient (Wildman–Crippen LogP) is 2.92. The van der Waals surface area contributed by atoms with Gasteiger partial charge in [0.1, 0.15) is 0 Å². The number of para-hydroxylation sites is 1. The Morgan fingerprint density at radius 1 is 1.00 bits per heavy atom. The summed E-state index contributed by atoms with van der Waals surface area (Å²) in [5, 5.41) is 11.2. The SMILES string of the molecule is Cc1ccc(C(=O)NC2CCN(C(=O)c3cn(-c4ccccc4)nn3)CC2)cc1C. The van der Waals surface area contributed by atoms with Gasteiger partial charge in [0.25, 0.3) is 11.8 Å². The van der Waals surface area contributed by atoms with E-state index in [4.69, 9.17) is 0 Å². The van der Waals surface area contributed by atoms with Crippen molar-refractivity contribution in [3.8, 4) is 5.69 Å². The Balaban J connectivity index is 1.33. The van der Waals surface area contributed by atoms with Crippen LogP contribution in [0.15, 0.2) is 54.7 Å². The normalized spacial score (nSPS) is 14.5. The third-order valence-electron chi connectivity index (χ3n) is 5.62. The van der Waals surface area contributed by atoms with E-state index < -0.39 is 0 Å². The zero-order chi connectivity index (χ0) is 21.1. The first-order chi connectivity index (χ1) is 14.5. The quantitative estimate of drug-likeness (QED) is 0.726. The third-order valence-corrected chi connectivity index (χ3v) is 5.62. The molecule has 1 N–H and O–H groups in total. The lowest BCUT2D eigenvalue weighted by atomic mass is 10.0. The predicted molar refractivity (Wildman–Crippen MR) is 114 cm³/mol. The molecule has 2 amide bonds. The van der Waals surface area contributed by atoms with Gasteiger partial charge in [-0.25, -0.2) is 4.68 Å². The summed E-state index contributed by atoms with van der Waals surface area (Å²) in [6.45, 7) is 5.19. The van der Waals surface area contributed by atoms with Gasteiger partial charge in [-0.3, -0.25) is 9.59 Å². The Labute approximate surface area is 175 Å². The number of carbonyl (C=O) groups excluding carboxylic acids is 2. The molecule has 4 rings (SSSR count). The Bertz CT molecular complexity index is 1050. The maximum absolute atomic E-state index is 12.8. The first-order valence-corrected chi connectivity index (χ1v) is 10.2. The van der Waals surface area contributed by atoms with Crippen LogP contribution in [0.3, 0.4) is 0 Å². The molecule has 3 aromatic rings. The summed E-state index contributed by atoms with van der Waals surface area (Å²) < 4.78 is 1.60. The van der Waals surface area contributed by atoms with E-state index in [0.29, 0.717) is 24.3 Å². The number of piperidine rings is 1. The van der Waals surface area contributed by atoms with Crippen molar-refractivity contribution in [2.45, 2.75) is 32.7 Å². The molecule has 0 spiro atoms. The Kier molecular flexibility index (Phi) is 5.61. The fourth-order valence-corrected chi connectivity index (χ4v) is 3.61. The molecule has 0 unspecified atom stereocenters. The first kappa shape index (κ1) is 19.8. The van der Waals surface area contributed by atoms with E-state index in [1.807, 2.05) is 62.4 Å². The number of hydrogen-bond acceptors (Lipinski definition) is 4. The molecule has 1 fully saturated rings. The average Bonchev–Trinajstić information content (AvgIpc) is 3.26. The lowest BCUT2D eigenvalue weighted by Gasteiger charge is -2.32. The Hall–Kier alpha value is -3.48. The largest absolute Gasteiger partial charge is 0.349 e. The van der Waals surface area contributed by atoms with Crippen molar-refractivity contribution in [3.05, 3.63) is 77.1 Å². The van der Waals surface area contributed by atoms with E-state index in [-0.39, 0.29) is 17.9 Å². The number of aryl methyl sites for hydroxylation is 2. The average molecular weight is 403 g/mol. The number of likely N-dealkylation sites (tertiary alicyclic amines) is 1. The summed E-state index contributed by atoms with van der Waals surface area (Å²) in [4.78, 5) is 27.1. The highest BCUT2D eigenvalue weighted by Gasteiger charge is 2.26. The van der Waals surface area contributed by atoms with Crippen LogP contribution in [0.2, 0.25) is 0 Å². The molecule has 0 saturated carbocycles. The minimum Gasteiger partial charge on any atom is -0.349 e. The van der Waals surface area contributed by atoms with Crippen LogP contribution in [0.25, 0.3) is 5.69 Å². The van der Waals surface area contributed by atoms with Crippen molar-refractivity contribution >= 4 is 11.8 Å². The van der Waals surface area contributed by atoms with Crippen LogP contribution in [0, 0.1) is 13.8 Å². The molecule has 1 aromatic heterocycles. The van der Waals surface area contributed by atoms with E-state index in [9.17, 15) is 9.59 Å². The number of nitrogens with one attached hydrogen (secondary N) is 1. The topological polar surface area (TPSA) is 80.1 Å². The number of amides is 2. The second-order valence-electron chi connectivity index (χ2n) is 7.72. The maximum Gasteiger partial charge on any atom is 0.276 e. The highest BCUT2D eigenvalue weighted by molar-refractivity contribution is 5.95. The minimum atomic E-state index is -0.129. The number of carbonyl (C=O) groups is 2. The molecule has 0 bridgehead atoms. The molecule has 2 aromatic carbocycles. The van der Waals surface area contributed by atoms with Crippen molar-refractivity contribution in [3.63, 3.8) is 0 Å². The second-order valence-corrected chi connectivity index (χ2v) is 7.72. The van der Waals surface area contributed by atoms with E-state index in [1.165, 1.54) is 5.56 Å². The number of benzene rings is 2. The van der Waals surface area contributed by atoms with E-state index in [0.717, 1.165) is 24.1 Å². The van der Waals surface area contributed by atoms with Crippen LogP contribution in [-0.2, 0) is 0 Å². The maximum atomic E-state index is 12.8. The van der Waals surface area contributed by atoms with Gasteiger partial charge in [0.05, 0.1) is 11.9 Å². The zero-order valence-electron chi connectivity index (χ0n) is 17.2. The van der Waals surface area contributed by atoms with Crippen LogP contribution in [-0.4, -0.2) is 50.8 Å². The highest BCUT2D eigenvalue weighted by Crippen LogP contribution is 2.16. The molecule has 1 aliphatic rings. The van der Waals surface area contributed by atoms with E-state index >= 15 is 0 Å². The van der Waals surface area contributed by atoms with Gasteiger partial charge in [0.15, 0.2) is 5.69 Å². The van der Waals surface area contributed by atoms with E-state index in [2.05, 4.69) is 15.6 Å². The summed E-state index contributed by atoms with van der Waals surface area (Å²) in [6.07, 6.45) is 3.09. The van der Waals surface area contributed by atoms with Crippen LogP contribution in [0.5, 0.6) is 0 Å². The van der Waals surface area contributed by atoms with E-state index in [1.54, 1.807) is 15.8 Å². The van der Waals surface area contributed by atoms with Crippen LogP contribution in [0.4, 0.5) is 0 Å². The van der Waals surface area contributed by atoms with Crippen molar-refractivity contribution in [2.24, 2.45) is 0 Å². The molecule has 1 saturated heterocycles. The summed E-state index contributed by atoms with van der Waals surface area (Å²) in [6, 6.07) is 15.4. The number of hydrogen-bond donors (Lipinski definition) is 1. The highest BCUT2D eigenvalue weighted by atomic mass is 16.2. The number of nitrogens with zero attached hydrogens (tertiary/aromatic N) is 4. The van der Waals surface area contributed by atoms with Gasteiger partial charge in [-0.05, 0) is 62.1 Å². The smallest absolute Gasteiger partial charge is 0.276 e. The first-order valence-electron chi connectivity index (χ1n) is 10.2. The molecule has 154 valence electrons. The Morgan fingerprint density at radius 3 is 2.43 bits per heavy atom. The standard InChI is InChI=1S/C23H25N5O2/c1-16-8-9-18(14-17(16)2)22(29)24-19-10-12-27(13-11-19)23(30)21-15-28(26-25-21)20-6-4-3-5-7-20/h3-9,14-15,19H,10-13H2,1-2H3,(H,24,29). The lowest BCUT2D eigenvalue weighted by Crippen LogP contribution is -2.46. The molecule has 0 atom stereocenters. The monoisotopic (exact) mass is 403 g/mol.